The van der Waals surface area contributed by atoms with Crippen molar-refractivity contribution in [3.8, 4) is 0 Å². The molecule has 0 aliphatic carbocycles. The summed E-state index contributed by atoms with van der Waals surface area (Å²) in [5.41, 5.74) is -0.144. The molecule has 1 aromatic carbocycles. The van der Waals surface area contributed by atoms with Gasteiger partial charge in [-0.25, -0.2) is 8.78 Å². The van der Waals surface area contributed by atoms with Crippen LogP contribution in [0.25, 0.3) is 0 Å². The lowest BCUT2D eigenvalue weighted by atomic mass is 9.90. The number of hydrogen-bond acceptors (Lipinski definition) is 2. The smallest absolute Gasteiger partial charge is 0.129 e. The third kappa shape index (κ3) is 3.23. The van der Waals surface area contributed by atoms with Crippen LogP contribution in [0.15, 0.2) is 18.2 Å². The maximum Gasteiger partial charge on any atom is 0.129 e. The zero-order valence-corrected chi connectivity index (χ0v) is 10.7. The van der Waals surface area contributed by atoms with Crippen molar-refractivity contribution in [2.45, 2.75) is 31.9 Å². The van der Waals surface area contributed by atoms with Gasteiger partial charge in [0.1, 0.15) is 11.6 Å². The van der Waals surface area contributed by atoms with Gasteiger partial charge in [-0.1, -0.05) is 6.07 Å². The second-order valence-electron chi connectivity index (χ2n) is 5.00. The van der Waals surface area contributed by atoms with Crippen molar-refractivity contribution in [1.82, 2.24) is 4.90 Å². The zero-order chi connectivity index (χ0) is 13.2. The number of rotatable bonds is 4. The minimum absolute atomic E-state index is 0.164. The first-order chi connectivity index (χ1) is 7.75. The predicted molar refractivity (Wildman–Crippen MR) is 63.8 cm³/mol. The predicted octanol–water partition coefficient (Wildman–Crippen LogP) is 2.21. The standard InChI is InChI=1S/C13H19F2NO/c1-13(2,16(3)4)12(17)7-9-5-6-10(14)8-11(9)15/h5-6,8,12,17H,7H2,1-4H3. The van der Waals surface area contributed by atoms with E-state index in [4.69, 9.17) is 0 Å². The largest absolute Gasteiger partial charge is 0.391 e. The van der Waals surface area contributed by atoms with Crippen LogP contribution in [-0.4, -0.2) is 35.7 Å². The second kappa shape index (κ2) is 5.10. The minimum Gasteiger partial charge on any atom is -0.391 e. The molecule has 2 nitrogen and oxygen atoms in total. The number of halogens is 2. The Morgan fingerprint density at radius 1 is 1.29 bits per heavy atom. The molecule has 1 rings (SSSR count). The monoisotopic (exact) mass is 243 g/mol. The van der Waals surface area contributed by atoms with Crippen LogP contribution in [0.2, 0.25) is 0 Å². The molecule has 1 N–H and O–H groups in total. The fourth-order valence-electron chi connectivity index (χ4n) is 1.44. The number of benzene rings is 1. The van der Waals surface area contributed by atoms with Gasteiger partial charge in [0, 0.05) is 18.0 Å². The first-order valence-electron chi connectivity index (χ1n) is 5.54. The number of nitrogens with zero attached hydrogens (tertiary/aromatic N) is 1. The van der Waals surface area contributed by atoms with Gasteiger partial charge in [0.05, 0.1) is 6.10 Å². The van der Waals surface area contributed by atoms with Crippen molar-refractivity contribution < 1.29 is 13.9 Å². The van der Waals surface area contributed by atoms with Gasteiger partial charge in [-0.3, -0.25) is 0 Å². The highest BCUT2D eigenvalue weighted by Crippen LogP contribution is 2.21. The molecule has 1 atom stereocenters. The average molecular weight is 243 g/mol. The molecular formula is C13H19F2NO. The molecule has 0 amide bonds. The normalized spacial score (nSPS) is 14.1. The van der Waals surface area contributed by atoms with Gasteiger partial charge in [0.15, 0.2) is 0 Å². The quantitative estimate of drug-likeness (QED) is 0.876. The molecule has 0 radical (unpaired) electrons. The van der Waals surface area contributed by atoms with Crippen molar-refractivity contribution in [2.24, 2.45) is 0 Å². The average Bonchev–Trinajstić information content (AvgIpc) is 2.21. The van der Waals surface area contributed by atoms with E-state index in [1.54, 1.807) is 0 Å². The molecule has 0 aliphatic heterocycles. The molecule has 1 unspecified atom stereocenters. The van der Waals surface area contributed by atoms with Crippen LogP contribution in [-0.2, 0) is 6.42 Å². The van der Waals surface area contributed by atoms with E-state index in [1.807, 2.05) is 32.8 Å². The van der Waals surface area contributed by atoms with Gasteiger partial charge in [-0.05, 0) is 39.6 Å². The maximum atomic E-state index is 13.4. The summed E-state index contributed by atoms with van der Waals surface area (Å²) in [6, 6.07) is 3.41. The van der Waals surface area contributed by atoms with Crippen LogP contribution < -0.4 is 0 Å². The molecule has 0 spiro atoms. The lowest BCUT2D eigenvalue weighted by Gasteiger charge is -2.37. The van der Waals surface area contributed by atoms with E-state index in [9.17, 15) is 13.9 Å². The summed E-state index contributed by atoms with van der Waals surface area (Å²) < 4.78 is 26.2. The molecule has 0 bridgehead atoms. The molecule has 0 heterocycles. The Morgan fingerprint density at radius 2 is 1.88 bits per heavy atom. The van der Waals surface area contributed by atoms with E-state index in [1.165, 1.54) is 12.1 Å². The number of likely N-dealkylation sites (N-methyl/N-ethyl adjacent to an activating group) is 1. The Kier molecular flexibility index (Phi) is 4.22. The number of aliphatic hydroxyl groups is 1. The highest BCUT2D eigenvalue weighted by Gasteiger charge is 2.30. The van der Waals surface area contributed by atoms with Crippen molar-refractivity contribution in [2.75, 3.05) is 14.1 Å². The Bertz CT molecular complexity index is 391. The Balaban J connectivity index is 2.84. The van der Waals surface area contributed by atoms with Gasteiger partial charge in [-0.15, -0.1) is 0 Å². The molecule has 0 aromatic heterocycles. The molecule has 0 aliphatic rings. The van der Waals surface area contributed by atoms with E-state index in [0.717, 1.165) is 6.07 Å². The van der Waals surface area contributed by atoms with Gasteiger partial charge >= 0.3 is 0 Å². The van der Waals surface area contributed by atoms with Crippen LogP contribution in [0, 0.1) is 11.6 Å². The Labute approximate surface area is 101 Å². The zero-order valence-electron chi connectivity index (χ0n) is 10.7. The fraction of sp³-hybridized carbons (Fsp3) is 0.538. The van der Waals surface area contributed by atoms with Gasteiger partial charge in [0.2, 0.25) is 0 Å². The summed E-state index contributed by atoms with van der Waals surface area (Å²) in [7, 11) is 3.70. The SMILES string of the molecule is CN(C)C(C)(C)C(O)Cc1ccc(F)cc1F. The number of aliphatic hydroxyl groups excluding tert-OH is 1. The van der Waals surface area contributed by atoms with Gasteiger partial charge < -0.3 is 10.0 Å². The third-order valence-electron chi connectivity index (χ3n) is 3.40. The topological polar surface area (TPSA) is 23.5 Å². The molecular weight excluding hydrogens is 224 g/mol. The molecule has 0 fully saturated rings. The van der Waals surface area contributed by atoms with Gasteiger partial charge in [-0.2, -0.15) is 0 Å². The van der Waals surface area contributed by atoms with Crippen molar-refractivity contribution >= 4 is 0 Å². The summed E-state index contributed by atoms with van der Waals surface area (Å²) in [4.78, 5) is 1.87. The van der Waals surface area contributed by atoms with Gasteiger partial charge in [0.25, 0.3) is 0 Å². The summed E-state index contributed by atoms with van der Waals surface area (Å²) >= 11 is 0. The molecule has 4 heteroatoms. The molecule has 0 saturated heterocycles. The van der Waals surface area contributed by atoms with E-state index < -0.39 is 23.3 Å². The van der Waals surface area contributed by atoms with E-state index in [2.05, 4.69) is 0 Å². The minimum atomic E-state index is -0.725. The second-order valence-corrected chi connectivity index (χ2v) is 5.00. The summed E-state index contributed by atoms with van der Waals surface area (Å²) in [5, 5.41) is 10.1. The highest BCUT2D eigenvalue weighted by molar-refractivity contribution is 5.20. The van der Waals surface area contributed by atoms with E-state index >= 15 is 0 Å². The lowest BCUT2D eigenvalue weighted by molar-refractivity contribution is 0.0178. The Hall–Kier alpha value is -1.00. The molecule has 96 valence electrons. The lowest BCUT2D eigenvalue weighted by Crippen LogP contribution is -2.49. The Morgan fingerprint density at radius 3 is 2.35 bits per heavy atom. The van der Waals surface area contributed by atoms with Crippen molar-refractivity contribution in [3.05, 3.63) is 35.4 Å². The van der Waals surface area contributed by atoms with Crippen LogP contribution in [0.3, 0.4) is 0 Å². The van der Waals surface area contributed by atoms with E-state index in [0.29, 0.717) is 5.56 Å². The summed E-state index contributed by atoms with van der Waals surface area (Å²) in [6.45, 7) is 3.75. The first kappa shape index (κ1) is 14.1. The fourth-order valence-corrected chi connectivity index (χ4v) is 1.44. The van der Waals surface area contributed by atoms with Crippen LogP contribution in [0.1, 0.15) is 19.4 Å². The summed E-state index contributed by atoms with van der Waals surface area (Å²) in [5.74, 6) is -1.22. The van der Waals surface area contributed by atoms with Crippen molar-refractivity contribution in [1.29, 1.82) is 0 Å². The molecule has 0 saturated carbocycles. The van der Waals surface area contributed by atoms with Crippen LogP contribution in [0.4, 0.5) is 8.78 Å². The number of hydrogen-bond donors (Lipinski definition) is 1. The first-order valence-corrected chi connectivity index (χ1v) is 5.54. The highest BCUT2D eigenvalue weighted by atomic mass is 19.1. The molecule has 17 heavy (non-hydrogen) atoms. The summed E-state index contributed by atoms with van der Waals surface area (Å²) in [6.07, 6.45) is -0.561. The maximum absolute atomic E-state index is 13.4. The van der Waals surface area contributed by atoms with Crippen LogP contribution in [0.5, 0.6) is 0 Å². The van der Waals surface area contributed by atoms with Crippen molar-refractivity contribution in [3.63, 3.8) is 0 Å². The third-order valence-corrected chi connectivity index (χ3v) is 3.40. The molecule has 1 aromatic rings. The van der Waals surface area contributed by atoms with E-state index in [-0.39, 0.29) is 6.42 Å². The van der Waals surface area contributed by atoms with Crippen LogP contribution >= 0.6 is 0 Å².